The van der Waals surface area contributed by atoms with Crippen molar-refractivity contribution in [3.05, 3.63) is 0 Å². The molecule has 0 bridgehead atoms. The summed E-state index contributed by atoms with van der Waals surface area (Å²) in [5.41, 5.74) is 0. The fourth-order valence-electron chi connectivity index (χ4n) is 7.90. The van der Waals surface area contributed by atoms with Crippen LogP contribution in [0.3, 0.4) is 0 Å². The van der Waals surface area contributed by atoms with Crippen molar-refractivity contribution in [2.75, 3.05) is 19.6 Å². The van der Waals surface area contributed by atoms with E-state index in [-0.39, 0.29) is 5.91 Å². The van der Waals surface area contributed by atoms with Crippen LogP contribution in [0, 0.1) is 0 Å². The summed E-state index contributed by atoms with van der Waals surface area (Å²) in [7, 11) is 0. The summed E-state index contributed by atoms with van der Waals surface area (Å²) in [6, 6.07) is 0. The molecule has 1 aliphatic rings. The predicted molar refractivity (Wildman–Crippen MR) is 223 cm³/mol. The highest BCUT2D eigenvalue weighted by Crippen LogP contribution is 2.17. The van der Waals surface area contributed by atoms with Crippen LogP contribution < -0.4 is 10.6 Å². The molecule has 296 valence electrons. The van der Waals surface area contributed by atoms with Crippen LogP contribution >= 0.6 is 0 Å². The lowest BCUT2D eigenvalue weighted by Gasteiger charge is -2.12. The standard InChI is InChI=1S/C46H91N3O/c1-3-5-7-9-11-13-15-17-19-21-23-25-27-29-31-33-35-37-39-45-47-41-43-49(45)44-42-48-46(50)40-38-36-34-32-30-28-26-24-22-20-18-16-14-12-10-8-6-4-2/h43,45,47H,3-42,44H2,1-2H3/p+1. The van der Waals surface area contributed by atoms with Gasteiger partial charge in [-0.25, -0.2) is 9.89 Å². The molecule has 1 aliphatic heterocycles. The zero-order chi connectivity index (χ0) is 35.8. The van der Waals surface area contributed by atoms with E-state index in [1.54, 1.807) is 0 Å². The predicted octanol–water partition coefficient (Wildman–Crippen LogP) is 14.0. The first kappa shape index (κ1) is 47.1. The summed E-state index contributed by atoms with van der Waals surface area (Å²) in [5, 5.41) is 6.83. The molecule has 1 unspecified atom stereocenters. The molecule has 0 saturated heterocycles. The third-order valence-electron chi connectivity index (χ3n) is 11.4. The summed E-state index contributed by atoms with van der Waals surface area (Å²) >= 11 is 0. The van der Waals surface area contributed by atoms with Crippen LogP contribution in [0.4, 0.5) is 0 Å². The first-order chi connectivity index (χ1) is 24.8. The number of amides is 1. The van der Waals surface area contributed by atoms with Crippen molar-refractivity contribution in [3.63, 3.8) is 0 Å². The molecule has 50 heavy (non-hydrogen) atoms. The summed E-state index contributed by atoms with van der Waals surface area (Å²) in [6.07, 6.45) is 55.3. The Balaban J connectivity index is 1.81. The zero-order valence-corrected chi connectivity index (χ0v) is 34.5. The molecule has 0 aromatic heterocycles. The van der Waals surface area contributed by atoms with E-state index in [1.807, 2.05) is 0 Å². The minimum absolute atomic E-state index is 0.244. The Hall–Kier alpha value is -0.900. The third kappa shape index (κ3) is 33.0. The van der Waals surface area contributed by atoms with Gasteiger partial charge in [0, 0.05) is 12.8 Å². The number of carbonyl (C=O) groups excluding carboxylic acids is 1. The van der Waals surface area contributed by atoms with Crippen molar-refractivity contribution < 1.29 is 9.37 Å². The monoisotopic (exact) mass is 703 g/mol. The van der Waals surface area contributed by atoms with Crippen LogP contribution in [0.15, 0.2) is 0 Å². The number of nitrogens with one attached hydrogen (secondary N) is 2. The average molecular weight is 703 g/mol. The molecule has 0 saturated carbocycles. The molecule has 1 atom stereocenters. The maximum Gasteiger partial charge on any atom is 0.220 e. The van der Waals surface area contributed by atoms with Crippen LogP contribution in [-0.4, -0.2) is 42.5 Å². The van der Waals surface area contributed by atoms with E-state index in [0.717, 1.165) is 26.1 Å². The van der Waals surface area contributed by atoms with Gasteiger partial charge in [0.2, 0.25) is 12.1 Å². The van der Waals surface area contributed by atoms with Gasteiger partial charge in [-0.15, -0.1) is 0 Å². The van der Waals surface area contributed by atoms with Crippen LogP contribution in [0.1, 0.15) is 258 Å². The first-order valence-electron chi connectivity index (χ1n) is 23.4. The van der Waals surface area contributed by atoms with E-state index in [1.165, 1.54) is 231 Å². The van der Waals surface area contributed by atoms with Gasteiger partial charge in [0.25, 0.3) is 0 Å². The molecule has 0 spiro atoms. The second-order valence-corrected chi connectivity index (χ2v) is 16.3. The lowest BCUT2D eigenvalue weighted by Crippen LogP contribution is -2.37. The topological polar surface area (TPSA) is 44.1 Å². The van der Waals surface area contributed by atoms with Gasteiger partial charge < -0.3 is 5.32 Å². The van der Waals surface area contributed by atoms with E-state index < -0.39 is 0 Å². The van der Waals surface area contributed by atoms with Crippen LogP contribution in [0.25, 0.3) is 0 Å². The number of unbranched alkanes of at least 4 members (excludes halogenated alkanes) is 34. The van der Waals surface area contributed by atoms with Crippen molar-refractivity contribution in [2.45, 2.75) is 264 Å². The van der Waals surface area contributed by atoms with E-state index in [2.05, 4.69) is 35.3 Å². The van der Waals surface area contributed by atoms with E-state index in [4.69, 9.17) is 0 Å². The lowest BCUT2D eigenvalue weighted by molar-refractivity contribution is -0.558. The van der Waals surface area contributed by atoms with Crippen molar-refractivity contribution in [1.29, 1.82) is 0 Å². The molecule has 2 N–H and O–H groups in total. The number of carbonyl (C=O) groups is 1. The molecule has 0 aliphatic carbocycles. The van der Waals surface area contributed by atoms with Crippen molar-refractivity contribution in [3.8, 4) is 0 Å². The Morgan fingerprint density at radius 2 is 0.820 bits per heavy atom. The van der Waals surface area contributed by atoms with E-state index in [0.29, 0.717) is 12.6 Å². The Labute approximate surface area is 315 Å². The molecule has 1 rings (SSSR count). The molecule has 0 radical (unpaired) electrons. The largest absolute Gasteiger partial charge is 0.350 e. The third-order valence-corrected chi connectivity index (χ3v) is 11.4. The molecule has 0 aromatic rings. The Kier molecular flexibility index (Phi) is 37.0. The molecule has 4 heteroatoms. The number of hydrogen-bond donors (Lipinski definition) is 2. The maximum atomic E-state index is 12.4. The minimum atomic E-state index is 0.244. The van der Waals surface area contributed by atoms with Crippen molar-refractivity contribution in [1.82, 2.24) is 10.6 Å². The molecule has 4 nitrogen and oxygen atoms in total. The molecule has 0 fully saturated rings. The quantitative estimate of drug-likeness (QED) is 0.0492. The highest BCUT2D eigenvalue weighted by Gasteiger charge is 2.24. The maximum absolute atomic E-state index is 12.4. The zero-order valence-electron chi connectivity index (χ0n) is 34.5. The van der Waals surface area contributed by atoms with Gasteiger partial charge >= 0.3 is 0 Å². The minimum Gasteiger partial charge on any atom is -0.350 e. The van der Waals surface area contributed by atoms with E-state index in [9.17, 15) is 4.79 Å². The van der Waals surface area contributed by atoms with Gasteiger partial charge in [0.15, 0.2) is 12.8 Å². The number of hydrogen-bond acceptors (Lipinski definition) is 2. The van der Waals surface area contributed by atoms with Crippen molar-refractivity contribution in [2.24, 2.45) is 0 Å². The van der Waals surface area contributed by atoms with Gasteiger partial charge in [-0.05, 0) is 12.8 Å². The molecule has 1 amide bonds. The van der Waals surface area contributed by atoms with Crippen LogP contribution in [0.2, 0.25) is 0 Å². The summed E-state index contributed by atoms with van der Waals surface area (Å²) in [4.78, 5) is 12.4. The van der Waals surface area contributed by atoms with Gasteiger partial charge in [0.05, 0.1) is 13.1 Å². The molecule has 0 aromatic carbocycles. The second kappa shape index (κ2) is 39.3. The second-order valence-electron chi connectivity index (χ2n) is 16.3. The lowest BCUT2D eigenvalue weighted by atomic mass is 10.0. The average Bonchev–Trinajstić information content (AvgIpc) is 3.57. The van der Waals surface area contributed by atoms with Gasteiger partial charge in [0.1, 0.15) is 0 Å². The van der Waals surface area contributed by atoms with Gasteiger partial charge in [-0.3, -0.25) is 4.79 Å². The summed E-state index contributed by atoms with van der Waals surface area (Å²) < 4.78 is 2.43. The van der Waals surface area contributed by atoms with Crippen LogP contribution in [0.5, 0.6) is 0 Å². The molecule has 1 heterocycles. The Morgan fingerprint density at radius 1 is 0.500 bits per heavy atom. The Morgan fingerprint density at radius 3 is 1.18 bits per heavy atom. The SMILES string of the molecule is CCCCCCCCCCCCCCCCCCCCC(=O)NCC[N+]1=CCNC1CCCCCCCCCCCCCCCCCCCC. The van der Waals surface area contributed by atoms with E-state index >= 15 is 0 Å². The first-order valence-corrected chi connectivity index (χ1v) is 23.4. The fraction of sp³-hybridized carbons (Fsp3) is 0.957. The molecular formula is C46H92N3O+. The fourth-order valence-corrected chi connectivity index (χ4v) is 7.90. The highest BCUT2D eigenvalue weighted by molar-refractivity contribution is 5.75. The van der Waals surface area contributed by atoms with Gasteiger partial charge in [-0.1, -0.05) is 232 Å². The molecular weight excluding hydrogens is 611 g/mol. The van der Waals surface area contributed by atoms with Gasteiger partial charge in [-0.2, -0.15) is 0 Å². The van der Waals surface area contributed by atoms with Crippen molar-refractivity contribution >= 4 is 12.1 Å². The summed E-state index contributed by atoms with van der Waals surface area (Å²) in [5.74, 6) is 0.244. The smallest absolute Gasteiger partial charge is 0.220 e. The normalized spacial score (nSPS) is 14.4. The Bertz CT molecular complexity index is 722. The van der Waals surface area contributed by atoms with Crippen LogP contribution in [-0.2, 0) is 4.79 Å². The summed E-state index contributed by atoms with van der Waals surface area (Å²) in [6.45, 7) is 7.27. The highest BCUT2D eigenvalue weighted by atomic mass is 16.1. The number of rotatable bonds is 41. The number of nitrogens with zero attached hydrogens (tertiary/aromatic N) is 1.